The van der Waals surface area contributed by atoms with Gasteiger partial charge < -0.3 is 5.32 Å². The number of nitrogens with one attached hydrogen (secondary N) is 1. The highest BCUT2D eigenvalue weighted by atomic mass is 79.9. The average molecular weight is 385 g/mol. The van der Waals surface area contributed by atoms with Gasteiger partial charge in [0.15, 0.2) is 0 Å². The van der Waals surface area contributed by atoms with E-state index >= 15 is 0 Å². The zero-order chi connectivity index (χ0) is 14.9. The molecule has 0 aliphatic heterocycles. The van der Waals surface area contributed by atoms with Gasteiger partial charge in [-0.2, -0.15) is 13.2 Å². The number of rotatable bonds is 3. The number of thiophene rings is 1. The van der Waals surface area contributed by atoms with Crippen LogP contribution < -0.4 is 5.32 Å². The maximum Gasteiger partial charge on any atom is 0.416 e. The van der Waals surface area contributed by atoms with Gasteiger partial charge in [-0.15, -0.1) is 11.3 Å². The summed E-state index contributed by atoms with van der Waals surface area (Å²) in [6, 6.07) is 7.01. The van der Waals surface area contributed by atoms with Crippen molar-refractivity contribution < 1.29 is 13.2 Å². The van der Waals surface area contributed by atoms with E-state index in [2.05, 4.69) is 21.2 Å². The first-order chi connectivity index (χ1) is 9.27. The van der Waals surface area contributed by atoms with Gasteiger partial charge in [0.2, 0.25) is 0 Å². The summed E-state index contributed by atoms with van der Waals surface area (Å²) in [4.78, 5) is 0.958. The fraction of sp³-hybridized carbons (Fsp3) is 0.231. The van der Waals surface area contributed by atoms with E-state index in [1.807, 2.05) is 13.0 Å². The molecule has 108 valence electrons. The van der Waals surface area contributed by atoms with Crippen molar-refractivity contribution in [2.45, 2.75) is 19.1 Å². The molecule has 0 saturated carbocycles. The first-order valence-corrected chi connectivity index (χ1v) is 7.64. The summed E-state index contributed by atoms with van der Waals surface area (Å²) in [6.45, 7) is 1.87. The van der Waals surface area contributed by atoms with Gasteiger partial charge in [-0.25, -0.2) is 0 Å². The molecule has 1 atom stereocenters. The molecule has 1 nitrogen and oxygen atoms in total. The molecule has 0 saturated heterocycles. The predicted octanol–water partition coefficient (Wildman–Crippen LogP) is 6.36. The third-order valence-electron chi connectivity index (χ3n) is 2.69. The van der Waals surface area contributed by atoms with Crippen LogP contribution in [0.2, 0.25) is 4.34 Å². The van der Waals surface area contributed by atoms with Crippen molar-refractivity contribution in [1.29, 1.82) is 0 Å². The summed E-state index contributed by atoms with van der Waals surface area (Å²) in [5, 5.41) is 3.06. The molecule has 7 heteroatoms. The molecular weight excluding hydrogens is 375 g/mol. The molecule has 0 bridgehead atoms. The van der Waals surface area contributed by atoms with Gasteiger partial charge in [-0.05, 0) is 53.2 Å². The van der Waals surface area contributed by atoms with E-state index in [0.717, 1.165) is 17.0 Å². The average Bonchev–Trinajstić information content (AvgIpc) is 2.77. The first kappa shape index (κ1) is 15.7. The highest BCUT2D eigenvalue weighted by Gasteiger charge is 2.31. The minimum absolute atomic E-state index is 0.132. The van der Waals surface area contributed by atoms with Crippen molar-refractivity contribution in [3.63, 3.8) is 0 Å². The number of hydrogen-bond donors (Lipinski definition) is 1. The maximum atomic E-state index is 12.7. The molecule has 1 aromatic heterocycles. The van der Waals surface area contributed by atoms with Crippen molar-refractivity contribution in [3.8, 4) is 0 Å². The molecule has 1 aromatic carbocycles. The second kappa shape index (κ2) is 5.95. The Kier molecular flexibility index (Phi) is 4.66. The summed E-state index contributed by atoms with van der Waals surface area (Å²) >= 11 is 10.5. The van der Waals surface area contributed by atoms with Gasteiger partial charge in [-0.3, -0.25) is 0 Å². The molecule has 1 heterocycles. The summed E-state index contributed by atoms with van der Waals surface area (Å²) in [6.07, 6.45) is -4.35. The first-order valence-electron chi connectivity index (χ1n) is 5.66. The van der Waals surface area contributed by atoms with Crippen LogP contribution in [-0.4, -0.2) is 0 Å². The molecule has 0 spiro atoms. The lowest BCUT2D eigenvalue weighted by Gasteiger charge is -2.17. The molecule has 1 N–H and O–H groups in total. The van der Waals surface area contributed by atoms with Crippen molar-refractivity contribution in [2.24, 2.45) is 0 Å². The monoisotopic (exact) mass is 383 g/mol. The van der Waals surface area contributed by atoms with Crippen molar-refractivity contribution in [2.75, 3.05) is 5.32 Å². The minimum atomic E-state index is -4.35. The van der Waals surface area contributed by atoms with Crippen LogP contribution in [0.3, 0.4) is 0 Å². The third kappa shape index (κ3) is 3.68. The Balaban J connectivity index is 2.24. The Morgan fingerprint density at radius 1 is 1.25 bits per heavy atom. The Labute approximate surface area is 131 Å². The highest BCUT2D eigenvalue weighted by molar-refractivity contribution is 9.10. The molecule has 0 aliphatic rings. The quantitative estimate of drug-likeness (QED) is 0.649. The highest BCUT2D eigenvalue weighted by Crippen LogP contribution is 2.36. The van der Waals surface area contributed by atoms with Crippen molar-refractivity contribution in [1.82, 2.24) is 0 Å². The van der Waals surface area contributed by atoms with Crippen LogP contribution in [0.25, 0.3) is 0 Å². The number of halogens is 5. The Morgan fingerprint density at radius 3 is 2.50 bits per heavy atom. The summed E-state index contributed by atoms with van der Waals surface area (Å²) in [5.41, 5.74) is -0.281. The Hall–Kier alpha value is -0.720. The maximum absolute atomic E-state index is 12.7. The topological polar surface area (TPSA) is 12.0 Å². The lowest BCUT2D eigenvalue weighted by molar-refractivity contribution is -0.137. The lowest BCUT2D eigenvalue weighted by atomic mass is 10.1. The molecule has 0 amide bonds. The zero-order valence-corrected chi connectivity index (χ0v) is 13.4. The van der Waals surface area contributed by atoms with E-state index in [9.17, 15) is 13.2 Å². The molecule has 2 rings (SSSR count). The zero-order valence-electron chi connectivity index (χ0n) is 10.3. The van der Waals surface area contributed by atoms with E-state index in [1.54, 1.807) is 6.07 Å². The lowest BCUT2D eigenvalue weighted by Crippen LogP contribution is -2.09. The van der Waals surface area contributed by atoms with Crippen LogP contribution >= 0.6 is 38.9 Å². The SMILES string of the molecule is CC(Nc1cc(C(F)(F)F)ccc1Br)c1ccc(Cl)s1. The number of hydrogen-bond acceptors (Lipinski definition) is 2. The van der Waals surface area contributed by atoms with Crippen LogP contribution in [0.15, 0.2) is 34.8 Å². The van der Waals surface area contributed by atoms with Gasteiger partial charge in [0.25, 0.3) is 0 Å². The molecule has 0 aliphatic carbocycles. The normalized spacial score (nSPS) is 13.3. The van der Waals surface area contributed by atoms with Crippen molar-refractivity contribution >= 4 is 44.6 Å². The molecule has 0 fully saturated rings. The summed E-state index contributed by atoms with van der Waals surface area (Å²) in [5.74, 6) is 0. The van der Waals surface area contributed by atoms with Gasteiger partial charge in [0.1, 0.15) is 0 Å². The minimum Gasteiger partial charge on any atom is -0.377 e. The third-order valence-corrected chi connectivity index (χ3v) is 4.79. The van der Waals surface area contributed by atoms with Gasteiger partial charge in [-0.1, -0.05) is 11.6 Å². The van der Waals surface area contributed by atoms with Crippen LogP contribution in [0.5, 0.6) is 0 Å². The fourth-order valence-corrected chi connectivity index (χ4v) is 3.10. The summed E-state index contributed by atoms with van der Waals surface area (Å²) in [7, 11) is 0. The van der Waals surface area contributed by atoms with E-state index in [-0.39, 0.29) is 6.04 Å². The number of anilines is 1. The van der Waals surface area contributed by atoms with Crippen molar-refractivity contribution in [3.05, 3.63) is 49.6 Å². The summed E-state index contributed by atoms with van der Waals surface area (Å²) < 4.78 is 39.3. The van der Waals surface area contributed by atoms with Gasteiger partial charge in [0, 0.05) is 15.0 Å². The van der Waals surface area contributed by atoms with Crippen LogP contribution in [0.1, 0.15) is 23.4 Å². The largest absolute Gasteiger partial charge is 0.416 e. The molecule has 20 heavy (non-hydrogen) atoms. The number of alkyl halides is 3. The van der Waals surface area contributed by atoms with E-state index in [1.165, 1.54) is 17.4 Å². The number of benzene rings is 1. The van der Waals surface area contributed by atoms with E-state index in [4.69, 9.17) is 11.6 Å². The van der Waals surface area contributed by atoms with Crippen LogP contribution in [0.4, 0.5) is 18.9 Å². The van der Waals surface area contributed by atoms with E-state index < -0.39 is 11.7 Å². The second-order valence-electron chi connectivity index (χ2n) is 4.20. The Morgan fingerprint density at radius 2 is 1.95 bits per heavy atom. The Bertz CT molecular complexity index is 612. The second-order valence-corrected chi connectivity index (χ2v) is 6.80. The van der Waals surface area contributed by atoms with Gasteiger partial charge in [0.05, 0.1) is 15.9 Å². The van der Waals surface area contributed by atoms with Crippen LogP contribution in [0, 0.1) is 0 Å². The van der Waals surface area contributed by atoms with Crippen LogP contribution in [-0.2, 0) is 6.18 Å². The molecular formula is C13H10BrClF3NS. The van der Waals surface area contributed by atoms with Gasteiger partial charge >= 0.3 is 6.18 Å². The molecule has 1 unspecified atom stereocenters. The standard InChI is InChI=1S/C13H10BrClF3NS/c1-7(11-4-5-12(15)20-11)19-10-6-8(13(16,17)18)2-3-9(10)14/h2-7,19H,1H3. The van der Waals surface area contributed by atoms with E-state index in [0.29, 0.717) is 14.5 Å². The smallest absolute Gasteiger partial charge is 0.377 e. The molecule has 2 aromatic rings. The molecule has 0 radical (unpaired) electrons. The fourth-order valence-electron chi connectivity index (χ4n) is 1.68. The predicted molar refractivity (Wildman–Crippen MR) is 80.5 cm³/mol.